The fourth-order valence-corrected chi connectivity index (χ4v) is 7.84. The zero-order valence-electron chi connectivity index (χ0n) is 29.6. The Bertz CT molecular complexity index is 2930. The molecule has 0 amide bonds. The van der Waals surface area contributed by atoms with Gasteiger partial charge in [-0.05, 0) is 104 Å². The molecule has 0 spiro atoms. The van der Waals surface area contributed by atoms with Crippen molar-refractivity contribution in [3.05, 3.63) is 212 Å². The molecule has 0 fully saturated rings. The van der Waals surface area contributed by atoms with E-state index in [-0.39, 0.29) is 0 Å². The number of nitrogens with zero attached hydrogens (tertiary/aromatic N) is 1. The lowest BCUT2D eigenvalue weighted by Crippen LogP contribution is -2.11. The number of rotatable bonds is 7. The fourth-order valence-electron chi connectivity index (χ4n) is 7.84. The van der Waals surface area contributed by atoms with E-state index in [1.54, 1.807) is 0 Å². The lowest BCUT2D eigenvalue weighted by molar-refractivity contribution is 0.669. The number of para-hydroxylation sites is 2. The molecule has 2 nitrogen and oxygen atoms in total. The Hall–Kier alpha value is -7.16. The normalized spacial score (nSPS) is 11.3. The van der Waals surface area contributed by atoms with Crippen LogP contribution in [0.2, 0.25) is 0 Å². The van der Waals surface area contributed by atoms with Crippen molar-refractivity contribution in [2.24, 2.45) is 0 Å². The molecule has 0 radical (unpaired) electrons. The topological polar surface area (TPSA) is 16.4 Å². The molecule has 0 saturated heterocycles. The first kappa shape index (κ1) is 31.6. The van der Waals surface area contributed by atoms with E-state index in [0.29, 0.717) is 0 Å². The first-order chi connectivity index (χ1) is 26.8. The lowest BCUT2D eigenvalue weighted by Gasteiger charge is -2.28. The van der Waals surface area contributed by atoms with Crippen LogP contribution in [-0.4, -0.2) is 0 Å². The smallest absolute Gasteiger partial charge is 0.135 e. The van der Waals surface area contributed by atoms with Crippen LogP contribution in [0.15, 0.2) is 217 Å². The Morgan fingerprint density at radius 3 is 1.76 bits per heavy atom. The maximum atomic E-state index is 6.17. The monoisotopic (exact) mass is 689 g/mol. The van der Waals surface area contributed by atoms with Gasteiger partial charge in [-0.3, -0.25) is 0 Å². The average Bonchev–Trinajstić information content (AvgIpc) is 3.63. The Balaban J connectivity index is 1.12. The third-order valence-electron chi connectivity index (χ3n) is 10.5. The Kier molecular flexibility index (Phi) is 7.85. The molecule has 0 N–H and O–H groups in total. The van der Waals surface area contributed by atoms with E-state index in [0.717, 1.165) is 61.3 Å². The molecule has 0 aliphatic heterocycles. The zero-order chi connectivity index (χ0) is 35.8. The van der Waals surface area contributed by atoms with Crippen molar-refractivity contribution >= 4 is 49.8 Å². The largest absolute Gasteiger partial charge is 0.456 e. The number of hydrogen-bond acceptors (Lipinski definition) is 2. The molecule has 10 aromatic rings. The third kappa shape index (κ3) is 5.71. The number of hydrogen-bond donors (Lipinski definition) is 0. The highest BCUT2D eigenvalue weighted by molar-refractivity contribution is 6.06. The number of furan rings is 1. The summed E-state index contributed by atoms with van der Waals surface area (Å²) in [4.78, 5) is 2.39. The van der Waals surface area contributed by atoms with Gasteiger partial charge in [0.15, 0.2) is 0 Å². The number of anilines is 3. The van der Waals surface area contributed by atoms with Crippen LogP contribution in [-0.2, 0) is 0 Å². The summed E-state index contributed by atoms with van der Waals surface area (Å²) in [5.41, 5.74) is 14.5. The minimum Gasteiger partial charge on any atom is -0.456 e. The molecule has 9 aromatic carbocycles. The molecular formula is C52H35NO. The van der Waals surface area contributed by atoms with E-state index in [4.69, 9.17) is 4.42 Å². The molecular weight excluding hydrogens is 655 g/mol. The SMILES string of the molecule is c1ccc(-c2ccc(N(c3cccc(-c4ccc5oc6ccccc6c5c4)c3)c3ccccc3-c3cccc(-c4cccc5ccccc45)c3)cc2)cc1. The van der Waals surface area contributed by atoms with Gasteiger partial charge < -0.3 is 9.32 Å². The maximum Gasteiger partial charge on any atom is 0.135 e. The first-order valence-electron chi connectivity index (χ1n) is 18.4. The van der Waals surface area contributed by atoms with Crippen molar-refractivity contribution < 1.29 is 4.42 Å². The van der Waals surface area contributed by atoms with E-state index in [9.17, 15) is 0 Å². The van der Waals surface area contributed by atoms with E-state index < -0.39 is 0 Å². The highest BCUT2D eigenvalue weighted by Gasteiger charge is 2.19. The van der Waals surface area contributed by atoms with Crippen LogP contribution in [0, 0.1) is 0 Å². The summed E-state index contributed by atoms with van der Waals surface area (Å²) < 4.78 is 6.17. The van der Waals surface area contributed by atoms with E-state index >= 15 is 0 Å². The van der Waals surface area contributed by atoms with Gasteiger partial charge in [0.2, 0.25) is 0 Å². The molecule has 54 heavy (non-hydrogen) atoms. The van der Waals surface area contributed by atoms with Crippen molar-refractivity contribution in [3.8, 4) is 44.5 Å². The summed E-state index contributed by atoms with van der Waals surface area (Å²) >= 11 is 0. The number of benzene rings is 9. The van der Waals surface area contributed by atoms with Crippen LogP contribution >= 0.6 is 0 Å². The molecule has 0 aliphatic rings. The van der Waals surface area contributed by atoms with Crippen LogP contribution < -0.4 is 4.90 Å². The summed E-state index contributed by atoms with van der Waals surface area (Å²) in [5, 5.41) is 4.75. The molecule has 1 heterocycles. The van der Waals surface area contributed by atoms with Crippen LogP contribution in [0.25, 0.3) is 77.2 Å². The first-order valence-corrected chi connectivity index (χ1v) is 18.4. The summed E-state index contributed by atoms with van der Waals surface area (Å²) in [7, 11) is 0. The molecule has 0 bridgehead atoms. The van der Waals surface area contributed by atoms with Gasteiger partial charge in [0.25, 0.3) is 0 Å². The number of fused-ring (bicyclic) bond motifs is 4. The molecule has 2 heteroatoms. The van der Waals surface area contributed by atoms with E-state index in [2.05, 4.69) is 205 Å². The van der Waals surface area contributed by atoms with Gasteiger partial charge in [-0.25, -0.2) is 0 Å². The fraction of sp³-hybridized carbons (Fsp3) is 0. The molecule has 254 valence electrons. The molecule has 10 rings (SSSR count). The van der Waals surface area contributed by atoms with Crippen molar-refractivity contribution in [2.75, 3.05) is 4.90 Å². The predicted molar refractivity (Wildman–Crippen MR) is 228 cm³/mol. The van der Waals surface area contributed by atoms with Crippen LogP contribution in [0.4, 0.5) is 17.1 Å². The standard InChI is InChI=1S/C52H35NO/c1-2-13-36(14-3-1)37-27-30-43(31-28-37)53(44-20-11-17-39(34-44)40-29-32-52-49(35-40)48-23-7-9-26-51(48)54-52)50-25-8-6-22-47(50)42-19-10-18-41(33-42)46-24-12-16-38-15-4-5-21-45(38)46/h1-35H. The van der Waals surface area contributed by atoms with Gasteiger partial charge in [0.05, 0.1) is 5.69 Å². The lowest BCUT2D eigenvalue weighted by atomic mass is 9.94. The van der Waals surface area contributed by atoms with Gasteiger partial charge in [-0.15, -0.1) is 0 Å². The Morgan fingerprint density at radius 1 is 0.296 bits per heavy atom. The molecule has 0 atom stereocenters. The van der Waals surface area contributed by atoms with Crippen molar-refractivity contribution in [3.63, 3.8) is 0 Å². The highest BCUT2D eigenvalue weighted by Crippen LogP contribution is 2.43. The van der Waals surface area contributed by atoms with Crippen molar-refractivity contribution in [1.29, 1.82) is 0 Å². The van der Waals surface area contributed by atoms with E-state index in [1.807, 2.05) is 12.1 Å². The van der Waals surface area contributed by atoms with Gasteiger partial charge in [0, 0.05) is 27.7 Å². The molecule has 0 unspecified atom stereocenters. The second-order valence-corrected chi connectivity index (χ2v) is 13.7. The minimum atomic E-state index is 0.899. The highest BCUT2D eigenvalue weighted by atomic mass is 16.3. The minimum absolute atomic E-state index is 0.899. The van der Waals surface area contributed by atoms with Gasteiger partial charge >= 0.3 is 0 Å². The third-order valence-corrected chi connectivity index (χ3v) is 10.5. The summed E-state index contributed by atoms with van der Waals surface area (Å²) in [6, 6.07) is 76.0. The Morgan fingerprint density at radius 2 is 0.870 bits per heavy atom. The second kappa shape index (κ2) is 13.4. The molecule has 1 aromatic heterocycles. The average molecular weight is 690 g/mol. The van der Waals surface area contributed by atoms with E-state index in [1.165, 1.54) is 33.0 Å². The van der Waals surface area contributed by atoms with Gasteiger partial charge in [-0.1, -0.05) is 158 Å². The molecule has 0 aliphatic carbocycles. The zero-order valence-corrected chi connectivity index (χ0v) is 29.6. The van der Waals surface area contributed by atoms with Crippen LogP contribution in [0.1, 0.15) is 0 Å². The summed E-state index contributed by atoms with van der Waals surface area (Å²) in [5.74, 6) is 0. The molecule has 0 saturated carbocycles. The summed E-state index contributed by atoms with van der Waals surface area (Å²) in [6.45, 7) is 0. The second-order valence-electron chi connectivity index (χ2n) is 13.7. The van der Waals surface area contributed by atoms with Crippen molar-refractivity contribution in [1.82, 2.24) is 0 Å². The quantitative estimate of drug-likeness (QED) is 0.166. The Labute approximate surface area is 314 Å². The van der Waals surface area contributed by atoms with Gasteiger partial charge in [-0.2, -0.15) is 0 Å². The van der Waals surface area contributed by atoms with Crippen molar-refractivity contribution in [2.45, 2.75) is 0 Å². The predicted octanol–water partition coefficient (Wildman–Crippen LogP) is 14.9. The maximum absolute atomic E-state index is 6.17. The van der Waals surface area contributed by atoms with Crippen LogP contribution in [0.5, 0.6) is 0 Å². The van der Waals surface area contributed by atoms with Crippen LogP contribution in [0.3, 0.4) is 0 Å². The van der Waals surface area contributed by atoms with Gasteiger partial charge in [0.1, 0.15) is 11.2 Å². The summed E-state index contributed by atoms with van der Waals surface area (Å²) in [6.07, 6.45) is 0.